The standard InChI is InChI=1S/C30H30F3N3O3/c1-18-17-20(13-16-22(18)23-9-7-8-10-24(23)30(31,32)33)26-34-25(35-39-26)19-11-14-21(15-12-19)28(2,3)36(6)29(4,5)27(37)38/h7-17H,1-6H3,(H,37,38). The Balaban J connectivity index is 1.59. The van der Waals surface area contributed by atoms with E-state index in [1.54, 1.807) is 52.1 Å². The molecule has 0 atom stereocenters. The Morgan fingerprint density at radius 1 is 0.897 bits per heavy atom. The highest BCUT2D eigenvalue weighted by molar-refractivity contribution is 5.78. The minimum atomic E-state index is -4.46. The third kappa shape index (κ3) is 5.31. The van der Waals surface area contributed by atoms with E-state index in [9.17, 15) is 23.1 Å². The van der Waals surface area contributed by atoms with E-state index in [4.69, 9.17) is 4.52 Å². The number of rotatable bonds is 7. The van der Waals surface area contributed by atoms with Gasteiger partial charge in [0, 0.05) is 16.7 Å². The molecule has 4 rings (SSSR count). The van der Waals surface area contributed by atoms with Gasteiger partial charge in [-0.05, 0) is 82.1 Å². The Labute approximate surface area is 225 Å². The number of aliphatic carboxylic acids is 1. The van der Waals surface area contributed by atoms with Crippen LogP contribution in [-0.4, -0.2) is 38.7 Å². The van der Waals surface area contributed by atoms with Crippen molar-refractivity contribution in [1.82, 2.24) is 15.0 Å². The highest BCUT2D eigenvalue weighted by atomic mass is 19.4. The lowest BCUT2D eigenvalue weighted by atomic mass is 9.87. The van der Waals surface area contributed by atoms with E-state index < -0.39 is 28.8 Å². The van der Waals surface area contributed by atoms with Crippen molar-refractivity contribution in [1.29, 1.82) is 0 Å². The molecule has 0 radical (unpaired) electrons. The second kappa shape index (κ2) is 9.96. The van der Waals surface area contributed by atoms with E-state index in [1.165, 1.54) is 12.1 Å². The number of benzene rings is 3. The summed E-state index contributed by atoms with van der Waals surface area (Å²) in [6.45, 7) is 8.98. The second-order valence-corrected chi connectivity index (χ2v) is 10.6. The van der Waals surface area contributed by atoms with Gasteiger partial charge in [0.05, 0.1) is 5.56 Å². The van der Waals surface area contributed by atoms with Gasteiger partial charge in [0.1, 0.15) is 5.54 Å². The Hall–Kier alpha value is -3.98. The van der Waals surface area contributed by atoms with Crippen molar-refractivity contribution in [3.63, 3.8) is 0 Å². The minimum absolute atomic E-state index is 0.112. The Kier molecular flexibility index (Phi) is 7.16. The smallest absolute Gasteiger partial charge is 0.417 e. The molecule has 3 aromatic carbocycles. The van der Waals surface area contributed by atoms with E-state index in [2.05, 4.69) is 10.1 Å². The average Bonchev–Trinajstić information content (AvgIpc) is 3.38. The fourth-order valence-corrected chi connectivity index (χ4v) is 4.59. The molecule has 0 aliphatic rings. The van der Waals surface area contributed by atoms with Crippen molar-refractivity contribution in [2.45, 2.75) is 51.9 Å². The topological polar surface area (TPSA) is 79.5 Å². The van der Waals surface area contributed by atoms with Crippen LogP contribution in [0.5, 0.6) is 0 Å². The number of carboxylic acids is 1. The van der Waals surface area contributed by atoms with Crippen molar-refractivity contribution in [2.75, 3.05) is 7.05 Å². The van der Waals surface area contributed by atoms with Crippen LogP contribution in [0, 0.1) is 6.92 Å². The van der Waals surface area contributed by atoms with Crippen molar-refractivity contribution in [3.8, 4) is 34.0 Å². The zero-order valence-electron chi connectivity index (χ0n) is 22.6. The zero-order chi connectivity index (χ0) is 28.8. The van der Waals surface area contributed by atoms with Gasteiger partial charge in [-0.2, -0.15) is 18.2 Å². The average molecular weight is 538 g/mol. The molecule has 4 aromatic rings. The fraction of sp³-hybridized carbons (Fsp3) is 0.300. The highest BCUT2D eigenvalue weighted by Gasteiger charge is 2.41. The summed E-state index contributed by atoms with van der Waals surface area (Å²) >= 11 is 0. The van der Waals surface area contributed by atoms with Crippen LogP contribution in [0.2, 0.25) is 0 Å². The minimum Gasteiger partial charge on any atom is -0.480 e. The van der Waals surface area contributed by atoms with Crippen molar-refractivity contribution in [2.24, 2.45) is 0 Å². The monoisotopic (exact) mass is 537 g/mol. The van der Waals surface area contributed by atoms with Crippen LogP contribution in [0.15, 0.2) is 71.3 Å². The van der Waals surface area contributed by atoms with Gasteiger partial charge in [0.25, 0.3) is 5.89 Å². The van der Waals surface area contributed by atoms with Gasteiger partial charge in [-0.1, -0.05) is 53.7 Å². The largest absolute Gasteiger partial charge is 0.480 e. The van der Waals surface area contributed by atoms with Gasteiger partial charge in [-0.25, -0.2) is 0 Å². The van der Waals surface area contributed by atoms with Crippen LogP contribution < -0.4 is 0 Å². The molecule has 0 bridgehead atoms. The second-order valence-electron chi connectivity index (χ2n) is 10.6. The maximum absolute atomic E-state index is 13.5. The molecule has 1 N–H and O–H groups in total. The first-order valence-corrected chi connectivity index (χ1v) is 12.3. The first-order chi connectivity index (χ1) is 18.1. The van der Waals surface area contributed by atoms with Gasteiger partial charge in [0.15, 0.2) is 0 Å². The molecule has 39 heavy (non-hydrogen) atoms. The Morgan fingerprint density at radius 3 is 2.10 bits per heavy atom. The number of carboxylic acid groups (broad SMARTS) is 1. The number of hydrogen-bond acceptors (Lipinski definition) is 5. The summed E-state index contributed by atoms with van der Waals surface area (Å²) in [7, 11) is 1.78. The molecule has 9 heteroatoms. The highest BCUT2D eigenvalue weighted by Crippen LogP contribution is 2.39. The van der Waals surface area contributed by atoms with E-state index in [1.807, 2.05) is 43.0 Å². The van der Waals surface area contributed by atoms with Crippen molar-refractivity contribution >= 4 is 5.97 Å². The molecular weight excluding hydrogens is 507 g/mol. The molecule has 0 saturated carbocycles. The first-order valence-electron chi connectivity index (χ1n) is 12.3. The molecule has 0 fully saturated rings. The quantitative estimate of drug-likeness (QED) is 0.264. The van der Waals surface area contributed by atoms with Crippen LogP contribution in [0.25, 0.3) is 34.0 Å². The lowest BCUT2D eigenvalue weighted by molar-refractivity contribution is -0.152. The number of likely N-dealkylation sites (N-methyl/N-ethyl adjacent to an activating group) is 1. The summed E-state index contributed by atoms with van der Waals surface area (Å²) in [5.74, 6) is -0.310. The summed E-state index contributed by atoms with van der Waals surface area (Å²) in [5.41, 5.74) is 1.10. The number of carbonyl (C=O) groups is 1. The molecule has 1 heterocycles. The molecule has 0 aliphatic heterocycles. The molecule has 6 nitrogen and oxygen atoms in total. The van der Waals surface area contributed by atoms with E-state index in [0.29, 0.717) is 28.1 Å². The zero-order valence-corrected chi connectivity index (χ0v) is 22.6. The lowest BCUT2D eigenvalue weighted by Gasteiger charge is -2.44. The summed E-state index contributed by atoms with van der Waals surface area (Å²) in [5, 5.41) is 13.7. The van der Waals surface area contributed by atoms with Crippen LogP contribution in [0.3, 0.4) is 0 Å². The van der Waals surface area contributed by atoms with E-state index in [0.717, 1.165) is 11.6 Å². The van der Waals surface area contributed by atoms with Gasteiger partial charge < -0.3 is 9.63 Å². The number of aromatic nitrogens is 2. The third-order valence-electron chi connectivity index (χ3n) is 7.47. The molecule has 0 unspecified atom stereocenters. The van der Waals surface area contributed by atoms with Crippen molar-refractivity contribution in [3.05, 3.63) is 83.4 Å². The molecule has 0 amide bonds. The Morgan fingerprint density at radius 2 is 1.51 bits per heavy atom. The van der Waals surface area contributed by atoms with Gasteiger partial charge in [-0.3, -0.25) is 9.69 Å². The molecule has 0 saturated heterocycles. The fourth-order valence-electron chi connectivity index (χ4n) is 4.59. The SMILES string of the molecule is Cc1cc(-c2nc(-c3ccc(C(C)(C)N(C)C(C)(C)C(=O)O)cc3)no2)ccc1-c1ccccc1C(F)(F)F. The first kappa shape index (κ1) is 28.0. The molecule has 1 aromatic heterocycles. The Bertz CT molecular complexity index is 1510. The summed E-state index contributed by atoms with van der Waals surface area (Å²) < 4.78 is 46.1. The van der Waals surface area contributed by atoms with Crippen LogP contribution in [-0.2, 0) is 16.5 Å². The molecule has 0 aliphatic carbocycles. The summed E-state index contributed by atoms with van der Waals surface area (Å²) in [6, 6.07) is 18.0. The third-order valence-corrected chi connectivity index (χ3v) is 7.47. The number of halogens is 3. The predicted octanol–water partition coefficient (Wildman–Crippen LogP) is 7.43. The van der Waals surface area contributed by atoms with Gasteiger partial charge in [-0.15, -0.1) is 0 Å². The van der Waals surface area contributed by atoms with Crippen LogP contribution in [0.1, 0.15) is 44.4 Å². The predicted molar refractivity (Wildman–Crippen MR) is 143 cm³/mol. The maximum Gasteiger partial charge on any atom is 0.417 e. The normalized spacial score (nSPS) is 12.7. The number of alkyl halides is 3. The molecule has 0 spiro atoms. The summed E-state index contributed by atoms with van der Waals surface area (Å²) in [4.78, 5) is 18.1. The number of hydrogen-bond donors (Lipinski definition) is 1. The van der Waals surface area contributed by atoms with Crippen LogP contribution in [0.4, 0.5) is 13.2 Å². The van der Waals surface area contributed by atoms with Crippen LogP contribution >= 0.6 is 0 Å². The molecular formula is C30H30F3N3O3. The maximum atomic E-state index is 13.5. The van der Waals surface area contributed by atoms with Gasteiger partial charge >= 0.3 is 12.1 Å². The number of aryl methyl sites for hydroxylation is 1. The number of nitrogens with zero attached hydrogens (tertiary/aromatic N) is 3. The van der Waals surface area contributed by atoms with E-state index in [-0.39, 0.29) is 11.5 Å². The molecule has 204 valence electrons. The van der Waals surface area contributed by atoms with Gasteiger partial charge in [0.2, 0.25) is 5.82 Å². The van der Waals surface area contributed by atoms with Crippen molar-refractivity contribution < 1.29 is 27.6 Å². The lowest BCUT2D eigenvalue weighted by Crippen LogP contribution is -2.55. The van der Waals surface area contributed by atoms with E-state index >= 15 is 0 Å². The summed E-state index contributed by atoms with van der Waals surface area (Å²) in [6.07, 6.45) is -4.46.